The molecule has 2 aromatic rings. The summed E-state index contributed by atoms with van der Waals surface area (Å²) in [4.78, 5) is 4.41. The number of aryl methyl sites for hydroxylation is 1. The Labute approximate surface area is 152 Å². The molecule has 23 heavy (non-hydrogen) atoms. The van der Waals surface area contributed by atoms with Crippen molar-refractivity contribution in [1.82, 2.24) is 0 Å². The summed E-state index contributed by atoms with van der Waals surface area (Å²) in [6.07, 6.45) is 8.22. The van der Waals surface area contributed by atoms with E-state index >= 15 is 0 Å². The van der Waals surface area contributed by atoms with Crippen molar-refractivity contribution in [3.8, 4) is 9.75 Å². The molecule has 0 spiro atoms. The van der Waals surface area contributed by atoms with Crippen LogP contribution in [-0.2, 0) is 6.42 Å². The largest absolute Gasteiger partial charge is 0.143 e. The summed E-state index contributed by atoms with van der Waals surface area (Å²) in [6, 6.07) is 6.98. The molecule has 0 saturated heterocycles. The monoisotopic (exact) mass is 360 g/mol. The standard InChI is InChI=1S/C20H24S3/c1-4-5-15-10-12-21-19(15)17-8-9-18(23-17)20-16(11-13-22-20)7-6-14(2)3/h5,8-14,19H,4,6-7H2,1-3H3. The fourth-order valence-electron chi connectivity index (χ4n) is 2.81. The molecule has 0 fully saturated rings. The molecule has 0 aliphatic carbocycles. The first-order valence-corrected chi connectivity index (χ1v) is 11.0. The third-order valence-electron chi connectivity index (χ3n) is 4.06. The van der Waals surface area contributed by atoms with Gasteiger partial charge in [0.2, 0.25) is 0 Å². The zero-order valence-electron chi connectivity index (χ0n) is 14.0. The normalized spacial score (nSPS) is 19.3. The van der Waals surface area contributed by atoms with Gasteiger partial charge in [-0.25, -0.2) is 0 Å². The van der Waals surface area contributed by atoms with Crippen LogP contribution in [0, 0.1) is 5.92 Å². The maximum Gasteiger partial charge on any atom is 0.0678 e. The predicted molar refractivity (Wildman–Crippen MR) is 109 cm³/mol. The fourth-order valence-corrected chi connectivity index (χ4v) is 6.20. The number of allylic oxidation sites excluding steroid dienone is 2. The summed E-state index contributed by atoms with van der Waals surface area (Å²) in [5, 5.41) is 5.00. The van der Waals surface area contributed by atoms with Crippen LogP contribution in [0.2, 0.25) is 0 Å². The van der Waals surface area contributed by atoms with Gasteiger partial charge in [-0.05, 0) is 65.3 Å². The lowest BCUT2D eigenvalue weighted by molar-refractivity contribution is 0.587. The minimum atomic E-state index is 0.507. The van der Waals surface area contributed by atoms with Crippen LogP contribution in [0.4, 0.5) is 0 Å². The molecule has 0 N–H and O–H groups in total. The molecule has 0 amide bonds. The lowest BCUT2D eigenvalue weighted by Crippen LogP contribution is -1.91. The molecular weight excluding hydrogens is 336 g/mol. The lowest BCUT2D eigenvalue weighted by Gasteiger charge is -2.09. The Hall–Kier alpha value is -0.770. The molecule has 2 aromatic heterocycles. The van der Waals surface area contributed by atoms with E-state index in [0.717, 1.165) is 12.3 Å². The minimum absolute atomic E-state index is 0.507. The molecule has 3 heterocycles. The third-order valence-corrected chi connectivity index (χ3v) is 7.59. The van der Waals surface area contributed by atoms with Crippen molar-refractivity contribution in [2.45, 2.75) is 45.3 Å². The molecule has 1 unspecified atom stereocenters. The van der Waals surface area contributed by atoms with E-state index in [1.54, 1.807) is 0 Å². The Morgan fingerprint density at radius 3 is 2.87 bits per heavy atom. The van der Waals surface area contributed by atoms with Crippen LogP contribution in [0.25, 0.3) is 9.75 Å². The maximum absolute atomic E-state index is 2.36. The van der Waals surface area contributed by atoms with Crippen molar-refractivity contribution >= 4 is 34.4 Å². The topological polar surface area (TPSA) is 0 Å². The first-order valence-electron chi connectivity index (χ1n) is 8.37. The van der Waals surface area contributed by atoms with Gasteiger partial charge in [0.05, 0.1) is 5.25 Å². The van der Waals surface area contributed by atoms with Crippen LogP contribution in [-0.4, -0.2) is 0 Å². The summed E-state index contributed by atoms with van der Waals surface area (Å²) >= 11 is 5.81. The van der Waals surface area contributed by atoms with Crippen LogP contribution in [0.15, 0.2) is 46.7 Å². The average molecular weight is 361 g/mol. The van der Waals surface area contributed by atoms with E-state index in [4.69, 9.17) is 0 Å². The second-order valence-electron chi connectivity index (χ2n) is 6.34. The van der Waals surface area contributed by atoms with Crippen molar-refractivity contribution in [2.75, 3.05) is 0 Å². The third kappa shape index (κ3) is 4.01. The summed E-state index contributed by atoms with van der Waals surface area (Å²) < 4.78 is 0. The minimum Gasteiger partial charge on any atom is -0.143 e. The van der Waals surface area contributed by atoms with Gasteiger partial charge in [-0.2, -0.15) is 0 Å². The number of rotatable bonds is 6. The highest BCUT2D eigenvalue weighted by atomic mass is 32.2. The first-order chi connectivity index (χ1) is 11.2. The van der Waals surface area contributed by atoms with Crippen molar-refractivity contribution in [3.05, 3.63) is 57.2 Å². The van der Waals surface area contributed by atoms with E-state index in [-0.39, 0.29) is 0 Å². The van der Waals surface area contributed by atoms with E-state index in [0.29, 0.717) is 5.25 Å². The molecule has 0 aromatic carbocycles. The summed E-state index contributed by atoms with van der Waals surface area (Å²) in [7, 11) is 0. The second kappa shape index (κ2) is 7.87. The molecule has 1 atom stereocenters. The van der Waals surface area contributed by atoms with Crippen LogP contribution < -0.4 is 0 Å². The smallest absolute Gasteiger partial charge is 0.0678 e. The number of hydrogen-bond acceptors (Lipinski definition) is 3. The van der Waals surface area contributed by atoms with E-state index in [1.807, 2.05) is 34.4 Å². The zero-order chi connectivity index (χ0) is 16.2. The molecule has 122 valence electrons. The van der Waals surface area contributed by atoms with Gasteiger partial charge in [0.25, 0.3) is 0 Å². The van der Waals surface area contributed by atoms with Gasteiger partial charge in [-0.3, -0.25) is 0 Å². The van der Waals surface area contributed by atoms with Crippen LogP contribution in [0.5, 0.6) is 0 Å². The van der Waals surface area contributed by atoms with Gasteiger partial charge in [-0.15, -0.1) is 34.4 Å². The molecule has 0 nitrogen and oxygen atoms in total. The van der Waals surface area contributed by atoms with Crippen molar-refractivity contribution in [3.63, 3.8) is 0 Å². The molecule has 1 aliphatic heterocycles. The molecule has 0 bridgehead atoms. The second-order valence-corrected chi connectivity index (χ2v) is 9.39. The van der Waals surface area contributed by atoms with Gasteiger partial charge in [0.15, 0.2) is 0 Å². The number of thioether (sulfide) groups is 1. The molecule has 0 radical (unpaired) electrons. The predicted octanol–water partition coefficient (Wildman–Crippen LogP) is 7.70. The summed E-state index contributed by atoms with van der Waals surface area (Å²) in [6.45, 7) is 6.83. The fraction of sp³-hybridized carbons (Fsp3) is 0.400. The van der Waals surface area contributed by atoms with E-state index in [1.165, 1.54) is 38.6 Å². The SMILES string of the molecule is CCC=C1C=CSC1c1ccc(-c2sccc2CCC(C)C)s1. The van der Waals surface area contributed by atoms with E-state index in [9.17, 15) is 0 Å². The zero-order valence-corrected chi connectivity index (χ0v) is 16.5. The highest BCUT2D eigenvalue weighted by molar-refractivity contribution is 8.03. The molecule has 3 rings (SSSR count). The van der Waals surface area contributed by atoms with Crippen molar-refractivity contribution in [1.29, 1.82) is 0 Å². The van der Waals surface area contributed by atoms with Crippen molar-refractivity contribution < 1.29 is 0 Å². The number of thiophene rings is 2. The van der Waals surface area contributed by atoms with Crippen LogP contribution >= 0.6 is 34.4 Å². The van der Waals surface area contributed by atoms with Gasteiger partial charge in [0.1, 0.15) is 0 Å². The quantitative estimate of drug-likeness (QED) is 0.508. The Balaban J connectivity index is 1.80. The molecule has 1 aliphatic rings. The van der Waals surface area contributed by atoms with Crippen LogP contribution in [0.1, 0.15) is 49.3 Å². The van der Waals surface area contributed by atoms with Crippen molar-refractivity contribution in [2.24, 2.45) is 5.92 Å². The van der Waals surface area contributed by atoms with Gasteiger partial charge >= 0.3 is 0 Å². The summed E-state index contributed by atoms with van der Waals surface area (Å²) in [5.74, 6) is 0.768. The average Bonchev–Trinajstić information content (AvgIpc) is 3.24. The first kappa shape index (κ1) is 17.1. The maximum atomic E-state index is 2.36. The lowest BCUT2D eigenvalue weighted by atomic mass is 10.0. The Bertz CT molecular complexity index is 700. The molecule has 3 heteroatoms. The Morgan fingerprint density at radius 2 is 2.09 bits per heavy atom. The Kier molecular flexibility index (Phi) is 5.84. The van der Waals surface area contributed by atoms with Gasteiger partial charge < -0.3 is 0 Å². The molecular formula is C20H24S3. The highest BCUT2D eigenvalue weighted by Crippen LogP contribution is 2.47. The van der Waals surface area contributed by atoms with E-state index in [2.05, 4.69) is 61.9 Å². The number of hydrogen-bond donors (Lipinski definition) is 0. The van der Waals surface area contributed by atoms with E-state index < -0.39 is 0 Å². The van der Waals surface area contributed by atoms with Gasteiger partial charge in [0, 0.05) is 14.6 Å². The Morgan fingerprint density at radius 1 is 1.22 bits per heavy atom. The highest BCUT2D eigenvalue weighted by Gasteiger charge is 2.21. The molecule has 0 saturated carbocycles. The van der Waals surface area contributed by atoms with Crippen LogP contribution in [0.3, 0.4) is 0 Å². The van der Waals surface area contributed by atoms with Gasteiger partial charge in [-0.1, -0.05) is 32.9 Å². The summed E-state index contributed by atoms with van der Waals surface area (Å²) in [5.41, 5.74) is 3.00.